The van der Waals surface area contributed by atoms with Crippen LogP contribution in [-0.2, 0) is 25.6 Å². The van der Waals surface area contributed by atoms with E-state index in [-0.39, 0.29) is 6.42 Å². The van der Waals surface area contributed by atoms with E-state index >= 15 is 0 Å². The molecule has 2 aromatic rings. The van der Waals surface area contributed by atoms with Gasteiger partial charge in [-0.05, 0) is 32.4 Å². The number of aliphatic carboxylic acids is 1. The lowest BCUT2D eigenvalue weighted by molar-refractivity contribution is -0.142. The third kappa shape index (κ3) is 6.28. The lowest BCUT2D eigenvalue weighted by Gasteiger charge is -2.24. The number of aliphatic hydroxyl groups excluding tert-OH is 1. The second-order valence-corrected chi connectivity index (χ2v) is 7.71. The Labute approximate surface area is 184 Å². The van der Waals surface area contributed by atoms with Crippen molar-refractivity contribution < 1.29 is 29.4 Å². The highest BCUT2D eigenvalue weighted by atomic mass is 16.4. The minimum Gasteiger partial charge on any atom is -0.480 e. The fourth-order valence-corrected chi connectivity index (χ4v) is 3.08. The minimum absolute atomic E-state index is 0.0342. The molecule has 5 atom stereocenters. The molecule has 0 saturated heterocycles. The number of para-hydroxylation sites is 1. The van der Waals surface area contributed by atoms with Crippen molar-refractivity contribution in [1.29, 1.82) is 0 Å². The molecule has 11 heteroatoms. The van der Waals surface area contributed by atoms with E-state index < -0.39 is 54.0 Å². The van der Waals surface area contributed by atoms with Gasteiger partial charge in [-0.1, -0.05) is 18.2 Å². The largest absolute Gasteiger partial charge is 0.480 e. The summed E-state index contributed by atoms with van der Waals surface area (Å²) in [5.41, 5.74) is 7.02. The van der Waals surface area contributed by atoms with E-state index in [1.807, 2.05) is 24.3 Å². The van der Waals surface area contributed by atoms with Crippen LogP contribution in [0.5, 0.6) is 0 Å². The van der Waals surface area contributed by atoms with Gasteiger partial charge in [-0.15, -0.1) is 0 Å². The Bertz CT molecular complexity index is 986. The van der Waals surface area contributed by atoms with E-state index in [2.05, 4.69) is 20.9 Å². The van der Waals surface area contributed by atoms with Gasteiger partial charge in [0.1, 0.15) is 18.1 Å². The molecule has 0 saturated carbocycles. The number of aromatic amines is 1. The number of rotatable bonds is 10. The van der Waals surface area contributed by atoms with Gasteiger partial charge in [-0.3, -0.25) is 14.4 Å². The molecule has 174 valence electrons. The topological polar surface area (TPSA) is 187 Å². The second kappa shape index (κ2) is 10.7. The van der Waals surface area contributed by atoms with Crippen LogP contribution in [0.1, 0.15) is 26.3 Å². The fraction of sp³-hybridized carbons (Fsp3) is 0.429. The molecule has 8 N–H and O–H groups in total. The normalized spacial score (nSPS) is 15.8. The molecule has 1 aromatic carbocycles. The molecule has 0 spiro atoms. The van der Waals surface area contributed by atoms with Crippen LogP contribution in [-0.4, -0.2) is 69.2 Å². The molecule has 0 radical (unpaired) electrons. The van der Waals surface area contributed by atoms with Crippen LogP contribution in [0.25, 0.3) is 10.9 Å². The number of fused-ring (bicyclic) bond motifs is 1. The number of carboxylic acids is 1. The molecule has 2 rings (SSSR count). The molecule has 3 amide bonds. The first-order valence-electron chi connectivity index (χ1n) is 10.1. The number of nitrogens with two attached hydrogens (primary N) is 1. The first-order chi connectivity index (χ1) is 15.0. The maximum absolute atomic E-state index is 12.5. The maximum atomic E-state index is 12.5. The van der Waals surface area contributed by atoms with E-state index in [9.17, 15) is 29.4 Å². The summed E-state index contributed by atoms with van der Waals surface area (Å²) < 4.78 is 0. The van der Waals surface area contributed by atoms with Crippen molar-refractivity contribution in [3.63, 3.8) is 0 Å². The van der Waals surface area contributed by atoms with Gasteiger partial charge in [0.2, 0.25) is 17.7 Å². The highest BCUT2D eigenvalue weighted by Gasteiger charge is 2.30. The van der Waals surface area contributed by atoms with Crippen LogP contribution in [0.3, 0.4) is 0 Å². The predicted molar refractivity (Wildman–Crippen MR) is 116 cm³/mol. The van der Waals surface area contributed by atoms with Crippen molar-refractivity contribution >= 4 is 34.6 Å². The zero-order valence-corrected chi connectivity index (χ0v) is 18.1. The third-order valence-electron chi connectivity index (χ3n) is 4.94. The van der Waals surface area contributed by atoms with Crippen molar-refractivity contribution in [1.82, 2.24) is 20.9 Å². The average molecular weight is 447 g/mol. The van der Waals surface area contributed by atoms with Gasteiger partial charge in [0.15, 0.2) is 0 Å². The summed E-state index contributed by atoms with van der Waals surface area (Å²) in [6, 6.07) is 2.79. The molecule has 0 aliphatic heterocycles. The predicted octanol–water partition coefficient (Wildman–Crippen LogP) is -1.00. The van der Waals surface area contributed by atoms with Crippen LogP contribution in [0.15, 0.2) is 30.5 Å². The molecule has 0 fully saturated rings. The molecule has 11 nitrogen and oxygen atoms in total. The lowest BCUT2D eigenvalue weighted by atomic mass is 10.0. The highest BCUT2D eigenvalue weighted by molar-refractivity contribution is 5.94. The number of H-pyrrole nitrogens is 1. The van der Waals surface area contributed by atoms with Crippen LogP contribution in [0, 0.1) is 0 Å². The van der Waals surface area contributed by atoms with Gasteiger partial charge in [0.25, 0.3) is 0 Å². The molecule has 32 heavy (non-hydrogen) atoms. The maximum Gasteiger partial charge on any atom is 0.326 e. The summed E-state index contributed by atoms with van der Waals surface area (Å²) in [5, 5.41) is 27.3. The van der Waals surface area contributed by atoms with Gasteiger partial charge in [0.05, 0.1) is 12.1 Å². The summed E-state index contributed by atoms with van der Waals surface area (Å²) in [5.74, 6) is -3.41. The van der Waals surface area contributed by atoms with E-state index in [4.69, 9.17) is 5.73 Å². The highest BCUT2D eigenvalue weighted by Crippen LogP contribution is 2.19. The molecular weight excluding hydrogens is 418 g/mol. The number of amides is 3. The van der Waals surface area contributed by atoms with Crippen molar-refractivity contribution in [2.24, 2.45) is 5.73 Å². The Morgan fingerprint density at radius 1 is 1.00 bits per heavy atom. The lowest BCUT2D eigenvalue weighted by Crippen LogP contribution is -2.59. The number of carboxylic acid groups (broad SMARTS) is 1. The van der Waals surface area contributed by atoms with Gasteiger partial charge >= 0.3 is 5.97 Å². The molecule has 1 aromatic heterocycles. The Balaban J connectivity index is 2.03. The summed E-state index contributed by atoms with van der Waals surface area (Å²) in [6.07, 6.45) is 0.473. The quantitative estimate of drug-likeness (QED) is 0.243. The molecule has 0 bridgehead atoms. The monoisotopic (exact) mass is 447 g/mol. The molecular formula is C21H29N5O6. The van der Waals surface area contributed by atoms with Gasteiger partial charge < -0.3 is 36.9 Å². The zero-order valence-electron chi connectivity index (χ0n) is 18.1. The van der Waals surface area contributed by atoms with E-state index in [1.54, 1.807) is 6.20 Å². The number of carbonyl (C=O) groups is 4. The summed E-state index contributed by atoms with van der Waals surface area (Å²) >= 11 is 0. The minimum atomic E-state index is -1.33. The Hall–Kier alpha value is -3.44. The summed E-state index contributed by atoms with van der Waals surface area (Å²) in [7, 11) is 0. The molecule has 0 aliphatic carbocycles. The average Bonchev–Trinajstić information content (AvgIpc) is 3.13. The first-order valence-corrected chi connectivity index (χ1v) is 10.1. The van der Waals surface area contributed by atoms with Crippen LogP contribution in [0.2, 0.25) is 0 Å². The van der Waals surface area contributed by atoms with Gasteiger partial charge in [-0.25, -0.2) is 4.79 Å². The Morgan fingerprint density at radius 3 is 2.25 bits per heavy atom. The molecule has 0 aliphatic rings. The summed E-state index contributed by atoms with van der Waals surface area (Å²) in [6.45, 7) is 4.09. The van der Waals surface area contributed by atoms with Crippen LogP contribution < -0.4 is 21.7 Å². The fourth-order valence-electron chi connectivity index (χ4n) is 3.08. The van der Waals surface area contributed by atoms with E-state index in [0.29, 0.717) is 0 Å². The van der Waals surface area contributed by atoms with Crippen molar-refractivity contribution in [3.8, 4) is 0 Å². The van der Waals surface area contributed by atoms with Crippen LogP contribution in [0.4, 0.5) is 0 Å². The van der Waals surface area contributed by atoms with Crippen molar-refractivity contribution in [2.75, 3.05) is 0 Å². The second-order valence-electron chi connectivity index (χ2n) is 7.71. The number of hydrogen-bond donors (Lipinski definition) is 7. The van der Waals surface area contributed by atoms with E-state index in [0.717, 1.165) is 16.5 Å². The zero-order chi connectivity index (χ0) is 24.0. The number of hydrogen-bond acceptors (Lipinski definition) is 6. The summed E-state index contributed by atoms with van der Waals surface area (Å²) in [4.78, 5) is 51.5. The number of benzene rings is 1. The molecule has 1 heterocycles. The number of aliphatic hydroxyl groups is 1. The van der Waals surface area contributed by atoms with Crippen molar-refractivity contribution in [3.05, 3.63) is 36.0 Å². The Kier molecular flexibility index (Phi) is 8.33. The smallest absolute Gasteiger partial charge is 0.326 e. The molecule has 5 unspecified atom stereocenters. The third-order valence-corrected chi connectivity index (χ3v) is 4.94. The van der Waals surface area contributed by atoms with Crippen LogP contribution >= 0.6 is 0 Å². The number of carbonyl (C=O) groups excluding carboxylic acids is 3. The SMILES string of the molecule is CC(N)C(=O)NC(C(=O)NC(C)C(=O)NC(Cc1c[nH]c2ccccc12)C(=O)O)C(C)O. The number of nitrogens with one attached hydrogen (secondary N) is 4. The van der Waals surface area contributed by atoms with Gasteiger partial charge in [0, 0.05) is 23.5 Å². The Morgan fingerprint density at radius 2 is 1.66 bits per heavy atom. The standard InChI is InChI=1S/C21H29N5O6/c1-10(22)18(28)26-17(12(3)27)20(30)24-11(2)19(29)25-16(21(31)32)8-13-9-23-15-7-5-4-6-14(13)15/h4-7,9-12,16-17,23,27H,8,22H2,1-3H3,(H,24,30)(H,25,29)(H,26,28)(H,31,32). The first kappa shape index (κ1) is 24.8. The number of aromatic nitrogens is 1. The van der Waals surface area contributed by atoms with Crippen molar-refractivity contribution in [2.45, 2.75) is 57.5 Å². The van der Waals surface area contributed by atoms with Gasteiger partial charge in [-0.2, -0.15) is 0 Å². The van der Waals surface area contributed by atoms with E-state index in [1.165, 1.54) is 20.8 Å².